The van der Waals surface area contributed by atoms with Crippen LogP contribution in [0.15, 0.2) is 16.8 Å². The van der Waals surface area contributed by atoms with Crippen LogP contribution in [0.1, 0.15) is 25.1 Å². The van der Waals surface area contributed by atoms with Crippen LogP contribution in [0.5, 0.6) is 0 Å². The molecule has 0 radical (unpaired) electrons. The molecule has 102 valence electrons. The summed E-state index contributed by atoms with van der Waals surface area (Å²) in [5, 5.41) is 10.2. The summed E-state index contributed by atoms with van der Waals surface area (Å²) in [4.78, 5) is 12.6. The molecule has 2 aromatic heterocycles. The standard InChI is InChI=1S/C12H18N6O/c1-3-6-14-12-15-8-4-10(17-12)13-7-5-11-16-9(2)19-18-11/h4,8H,3,5-7H2,1-2H3,(H2,13,14,15,17). The maximum absolute atomic E-state index is 4.91. The van der Waals surface area contributed by atoms with Gasteiger partial charge in [0.05, 0.1) is 0 Å². The molecular weight excluding hydrogens is 244 g/mol. The molecular formula is C12H18N6O. The molecule has 2 N–H and O–H groups in total. The summed E-state index contributed by atoms with van der Waals surface area (Å²) < 4.78 is 4.91. The average molecular weight is 262 g/mol. The highest BCUT2D eigenvalue weighted by atomic mass is 16.5. The second kappa shape index (κ2) is 6.67. The third kappa shape index (κ3) is 4.20. The molecule has 0 aliphatic rings. The number of anilines is 2. The van der Waals surface area contributed by atoms with Crippen molar-refractivity contribution in [2.75, 3.05) is 23.7 Å². The Hall–Kier alpha value is -2.18. The molecule has 2 aromatic rings. The van der Waals surface area contributed by atoms with Crippen LogP contribution in [-0.4, -0.2) is 33.2 Å². The fraction of sp³-hybridized carbons (Fsp3) is 0.500. The zero-order valence-corrected chi connectivity index (χ0v) is 11.2. The fourth-order valence-corrected chi connectivity index (χ4v) is 1.52. The maximum Gasteiger partial charge on any atom is 0.224 e. The molecule has 0 aliphatic carbocycles. The summed E-state index contributed by atoms with van der Waals surface area (Å²) in [7, 11) is 0. The summed E-state index contributed by atoms with van der Waals surface area (Å²) in [5.74, 6) is 2.71. The molecule has 7 heteroatoms. The highest BCUT2D eigenvalue weighted by molar-refractivity contribution is 5.39. The normalized spacial score (nSPS) is 10.4. The van der Waals surface area contributed by atoms with E-state index in [0.717, 1.165) is 18.8 Å². The van der Waals surface area contributed by atoms with Gasteiger partial charge >= 0.3 is 0 Å². The first-order chi connectivity index (χ1) is 9.28. The molecule has 0 saturated carbocycles. The molecule has 0 aliphatic heterocycles. The number of hydrogen-bond acceptors (Lipinski definition) is 7. The van der Waals surface area contributed by atoms with Gasteiger partial charge in [0.15, 0.2) is 5.82 Å². The molecule has 0 atom stereocenters. The van der Waals surface area contributed by atoms with Crippen molar-refractivity contribution in [2.24, 2.45) is 0 Å². The minimum Gasteiger partial charge on any atom is -0.369 e. The SMILES string of the molecule is CCCNc1nccc(NCCc2noc(C)n2)n1. The topological polar surface area (TPSA) is 88.8 Å². The molecule has 0 aromatic carbocycles. The number of rotatable bonds is 7. The van der Waals surface area contributed by atoms with E-state index in [0.29, 0.717) is 30.6 Å². The average Bonchev–Trinajstić information content (AvgIpc) is 2.83. The van der Waals surface area contributed by atoms with Crippen LogP contribution in [0.25, 0.3) is 0 Å². The van der Waals surface area contributed by atoms with Gasteiger partial charge in [-0.2, -0.15) is 9.97 Å². The zero-order chi connectivity index (χ0) is 13.5. The van der Waals surface area contributed by atoms with Gasteiger partial charge < -0.3 is 15.2 Å². The first-order valence-electron chi connectivity index (χ1n) is 6.38. The van der Waals surface area contributed by atoms with Crippen molar-refractivity contribution in [3.05, 3.63) is 24.0 Å². The van der Waals surface area contributed by atoms with Gasteiger partial charge in [-0.1, -0.05) is 12.1 Å². The van der Waals surface area contributed by atoms with Crippen LogP contribution in [0, 0.1) is 6.92 Å². The van der Waals surface area contributed by atoms with Crippen molar-refractivity contribution in [3.63, 3.8) is 0 Å². The van der Waals surface area contributed by atoms with Gasteiger partial charge in [0, 0.05) is 32.6 Å². The molecule has 7 nitrogen and oxygen atoms in total. The highest BCUT2D eigenvalue weighted by Crippen LogP contribution is 2.06. The van der Waals surface area contributed by atoms with Crippen molar-refractivity contribution in [1.82, 2.24) is 20.1 Å². The molecule has 0 fully saturated rings. The van der Waals surface area contributed by atoms with Gasteiger partial charge in [-0.15, -0.1) is 0 Å². The minimum atomic E-state index is 0.586. The lowest BCUT2D eigenvalue weighted by Crippen LogP contribution is -2.10. The Morgan fingerprint density at radius 2 is 2.11 bits per heavy atom. The van der Waals surface area contributed by atoms with Crippen molar-refractivity contribution in [2.45, 2.75) is 26.7 Å². The Morgan fingerprint density at radius 1 is 1.21 bits per heavy atom. The minimum absolute atomic E-state index is 0.586. The van der Waals surface area contributed by atoms with Crippen LogP contribution in [-0.2, 0) is 6.42 Å². The van der Waals surface area contributed by atoms with Crippen LogP contribution in [0.2, 0.25) is 0 Å². The third-order valence-corrected chi connectivity index (χ3v) is 2.41. The Morgan fingerprint density at radius 3 is 2.84 bits per heavy atom. The largest absolute Gasteiger partial charge is 0.369 e. The molecule has 19 heavy (non-hydrogen) atoms. The van der Waals surface area contributed by atoms with E-state index in [4.69, 9.17) is 4.52 Å². The zero-order valence-electron chi connectivity index (χ0n) is 11.2. The van der Waals surface area contributed by atoms with Crippen LogP contribution < -0.4 is 10.6 Å². The van der Waals surface area contributed by atoms with Gasteiger partial charge in [-0.3, -0.25) is 0 Å². The lowest BCUT2D eigenvalue weighted by molar-refractivity contribution is 0.387. The van der Waals surface area contributed by atoms with Gasteiger partial charge in [0.1, 0.15) is 5.82 Å². The second-order valence-electron chi connectivity index (χ2n) is 4.10. The molecule has 0 saturated heterocycles. The van der Waals surface area contributed by atoms with Gasteiger partial charge in [-0.05, 0) is 12.5 Å². The Bertz CT molecular complexity index is 512. The van der Waals surface area contributed by atoms with Crippen molar-refractivity contribution in [1.29, 1.82) is 0 Å². The highest BCUT2D eigenvalue weighted by Gasteiger charge is 2.02. The lowest BCUT2D eigenvalue weighted by Gasteiger charge is -2.06. The van der Waals surface area contributed by atoms with E-state index in [1.807, 2.05) is 6.07 Å². The predicted octanol–water partition coefficient (Wildman–Crippen LogP) is 1.64. The smallest absolute Gasteiger partial charge is 0.224 e. The summed E-state index contributed by atoms with van der Waals surface area (Å²) in [6.07, 6.45) is 3.46. The molecule has 2 heterocycles. The second-order valence-corrected chi connectivity index (χ2v) is 4.10. The molecule has 0 unspecified atom stereocenters. The summed E-state index contributed by atoms with van der Waals surface area (Å²) >= 11 is 0. The predicted molar refractivity (Wildman–Crippen MR) is 72.0 cm³/mol. The number of nitrogens with one attached hydrogen (secondary N) is 2. The Kier molecular flexibility index (Phi) is 4.66. The maximum atomic E-state index is 4.91. The van der Waals surface area contributed by atoms with Gasteiger partial charge in [0.25, 0.3) is 0 Å². The lowest BCUT2D eigenvalue weighted by atomic mass is 10.4. The van der Waals surface area contributed by atoms with E-state index in [1.54, 1.807) is 13.1 Å². The fourth-order valence-electron chi connectivity index (χ4n) is 1.52. The number of aryl methyl sites for hydroxylation is 1. The van der Waals surface area contributed by atoms with Crippen LogP contribution >= 0.6 is 0 Å². The van der Waals surface area contributed by atoms with E-state index in [1.165, 1.54) is 0 Å². The van der Waals surface area contributed by atoms with E-state index < -0.39 is 0 Å². The number of aromatic nitrogens is 4. The van der Waals surface area contributed by atoms with E-state index in [2.05, 4.69) is 37.7 Å². The van der Waals surface area contributed by atoms with Crippen molar-refractivity contribution < 1.29 is 4.52 Å². The van der Waals surface area contributed by atoms with E-state index in [-0.39, 0.29) is 0 Å². The molecule has 2 rings (SSSR count). The van der Waals surface area contributed by atoms with E-state index >= 15 is 0 Å². The summed E-state index contributed by atoms with van der Waals surface area (Å²) in [6, 6.07) is 1.83. The van der Waals surface area contributed by atoms with Crippen molar-refractivity contribution in [3.8, 4) is 0 Å². The van der Waals surface area contributed by atoms with Gasteiger partial charge in [-0.25, -0.2) is 4.98 Å². The first-order valence-corrected chi connectivity index (χ1v) is 6.38. The Labute approximate surface area is 111 Å². The van der Waals surface area contributed by atoms with E-state index in [9.17, 15) is 0 Å². The molecule has 0 bridgehead atoms. The molecule has 0 spiro atoms. The summed E-state index contributed by atoms with van der Waals surface area (Å²) in [6.45, 7) is 5.44. The van der Waals surface area contributed by atoms with Crippen LogP contribution in [0.3, 0.4) is 0 Å². The Balaban J connectivity index is 1.82. The van der Waals surface area contributed by atoms with Crippen LogP contribution in [0.4, 0.5) is 11.8 Å². The first kappa shape index (κ1) is 13.3. The quantitative estimate of drug-likeness (QED) is 0.784. The van der Waals surface area contributed by atoms with Crippen molar-refractivity contribution >= 4 is 11.8 Å². The molecule has 0 amide bonds. The monoisotopic (exact) mass is 262 g/mol. The number of nitrogens with zero attached hydrogens (tertiary/aromatic N) is 4. The van der Waals surface area contributed by atoms with Gasteiger partial charge in [0.2, 0.25) is 11.8 Å². The third-order valence-electron chi connectivity index (χ3n) is 2.41. The summed E-state index contributed by atoms with van der Waals surface area (Å²) in [5.41, 5.74) is 0. The number of hydrogen-bond donors (Lipinski definition) is 2.